The molecule has 0 amide bonds. The Kier molecular flexibility index (Phi) is 6.59. The van der Waals surface area contributed by atoms with Gasteiger partial charge in [-0.15, -0.1) is 0 Å². The van der Waals surface area contributed by atoms with Crippen LogP contribution < -0.4 is 10.2 Å². The predicted molar refractivity (Wildman–Crippen MR) is 113 cm³/mol. The van der Waals surface area contributed by atoms with Crippen molar-refractivity contribution >= 4 is 17.7 Å². The van der Waals surface area contributed by atoms with Crippen LogP contribution in [-0.2, 0) is 11.3 Å². The summed E-state index contributed by atoms with van der Waals surface area (Å²) >= 11 is 0. The summed E-state index contributed by atoms with van der Waals surface area (Å²) in [7, 11) is 2.98. The number of nitrogens with zero attached hydrogens (tertiary/aromatic N) is 4. The fourth-order valence-electron chi connectivity index (χ4n) is 2.94. The highest BCUT2D eigenvalue weighted by atomic mass is 16.6. The molecule has 1 N–H and O–H groups in total. The molecule has 0 aliphatic rings. The number of hydrogen-bond acceptors (Lipinski definition) is 9. The van der Waals surface area contributed by atoms with Crippen LogP contribution in [0.5, 0.6) is 5.75 Å². The molecule has 10 heteroatoms. The summed E-state index contributed by atoms with van der Waals surface area (Å²) in [6, 6.07) is 11.6. The Bertz CT molecular complexity index is 1180. The van der Waals surface area contributed by atoms with E-state index in [1.807, 2.05) is 0 Å². The first-order valence-corrected chi connectivity index (χ1v) is 9.08. The summed E-state index contributed by atoms with van der Waals surface area (Å²) in [4.78, 5) is 15.2. The van der Waals surface area contributed by atoms with Crippen LogP contribution in [-0.4, -0.2) is 30.3 Å². The third kappa shape index (κ3) is 4.85. The highest BCUT2D eigenvalue weighted by Crippen LogP contribution is 2.34. The largest absolute Gasteiger partial charge is 0.497 e. The molecule has 0 atom stereocenters. The van der Waals surface area contributed by atoms with Gasteiger partial charge in [0.1, 0.15) is 28.9 Å². The SMILES string of the molecule is COCc1cc(C)nc(N/N=C\c2ccc(-c3ccc(OC)cc3[N+](=O)[O-])o2)c1C#N. The highest BCUT2D eigenvalue weighted by Gasteiger charge is 2.19. The minimum Gasteiger partial charge on any atom is -0.497 e. The van der Waals surface area contributed by atoms with Gasteiger partial charge >= 0.3 is 0 Å². The molecule has 0 radical (unpaired) electrons. The number of methoxy groups -OCH3 is 2. The number of benzene rings is 1. The van der Waals surface area contributed by atoms with Crippen molar-refractivity contribution in [3.63, 3.8) is 0 Å². The van der Waals surface area contributed by atoms with E-state index in [2.05, 4.69) is 21.6 Å². The van der Waals surface area contributed by atoms with E-state index in [1.54, 1.807) is 44.4 Å². The Morgan fingerprint density at radius 1 is 1.32 bits per heavy atom. The summed E-state index contributed by atoms with van der Waals surface area (Å²) in [6.45, 7) is 2.07. The summed E-state index contributed by atoms with van der Waals surface area (Å²) in [5, 5.41) is 24.9. The van der Waals surface area contributed by atoms with E-state index in [4.69, 9.17) is 13.9 Å². The van der Waals surface area contributed by atoms with Gasteiger partial charge in [0.25, 0.3) is 5.69 Å². The Morgan fingerprint density at radius 3 is 2.81 bits per heavy atom. The van der Waals surface area contributed by atoms with Crippen LogP contribution in [0.1, 0.15) is 22.6 Å². The Labute approximate surface area is 177 Å². The number of nitrogens with one attached hydrogen (secondary N) is 1. The number of aryl methyl sites for hydroxylation is 1. The van der Waals surface area contributed by atoms with Crippen LogP contribution in [0.2, 0.25) is 0 Å². The van der Waals surface area contributed by atoms with Crippen LogP contribution in [0.25, 0.3) is 11.3 Å². The molecule has 0 aliphatic carbocycles. The standard InChI is InChI=1S/C21H19N5O5/c1-13-8-14(12-29-2)18(10-22)21(24-13)25-23-11-16-5-7-20(31-16)17-6-4-15(30-3)9-19(17)26(27)28/h4-9,11H,12H2,1-3H3,(H,24,25)/b23-11-. The molecule has 1 aromatic carbocycles. The number of rotatable bonds is 8. The van der Waals surface area contributed by atoms with Crippen molar-refractivity contribution in [2.45, 2.75) is 13.5 Å². The number of pyridine rings is 1. The maximum absolute atomic E-state index is 11.4. The number of nitro groups is 1. The molecule has 158 valence electrons. The van der Waals surface area contributed by atoms with Gasteiger partial charge in [-0.2, -0.15) is 10.4 Å². The number of hydrazone groups is 1. The first-order valence-electron chi connectivity index (χ1n) is 9.08. The second-order valence-electron chi connectivity index (χ2n) is 6.40. The smallest absolute Gasteiger partial charge is 0.284 e. The first-order chi connectivity index (χ1) is 15.0. The molecule has 0 saturated heterocycles. The van der Waals surface area contributed by atoms with E-state index in [1.165, 1.54) is 19.4 Å². The molecule has 0 unspecified atom stereocenters. The number of anilines is 1. The van der Waals surface area contributed by atoms with Crippen molar-refractivity contribution < 1.29 is 18.8 Å². The van der Waals surface area contributed by atoms with Crippen molar-refractivity contribution in [2.75, 3.05) is 19.6 Å². The molecule has 3 rings (SSSR count). The van der Waals surface area contributed by atoms with Crippen LogP contribution in [0.4, 0.5) is 11.5 Å². The molecule has 0 fully saturated rings. The average Bonchev–Trinajstić information content (AvgIpc) is 3.22. The number of aromatic nitrogens is 1. The fourth-order valence-corrected chi connectivity index (χ4v) is 2.94. The normalized spacial score (nSPS) is 10.8. The summed E-state index contributed by atoms with van der Waals surface area (Å²) < 4.78 is 15.8. The molecule has 31 heavy (non-hydrogen) atoms. The van der Waals surface area contributed by atoms with E-state index in [9.17, 15) is 15.4 Å². The number of nitriles is 1. The number of furan rings is 1. The van der Waals surface area contributed by atoms with Crippen molar-refractivity contribution in [1.82, 2.24) is 4.98 Å². The quantitative estimate of drug-likeness (QED) is 0.327. The van der Waals surface area contributed by atoms with Gasteiger partial charge in [-0.25, -0.2) is 4.98 Å². The molecule has 0 bridgehead atoms. The lowest BCUT2D eigenvalue weighted by Crippen LogP contribution is -2.03. The number of nitro benzene ring substituents is 1. The first kappa shape index (κ1) is 21.5. The van der Waals surface area contributed by atoms with Crippen LogP contribution >= 0.6 is 0 Å². The lowest BCUT2D eigenvalue weighted by molar-refractivity contribution is -0.384. The van der Waals surface area contributed by atoms with Gasteiger partial charge in [-0.3, -0.25) is 15.5 Å². The predicted octanol–water partition coefficient (Wildman–Crippen LogP) is 4.03. The second-order valence-corrected chi connectivity index (χ2v) is 6.40. The molecule has 3 aromatic rings. The maximum atomic E-state index is 11.4. The topological polar surface area (TPSA) is 136 Å². The van der Waals surface area contributed by atoms with E-state index >= 15 is 0 Å². The zero-order chi connectivity index (χ0) is 22.4. The van der Waals surface area contributed by atoms with Gasteiger partial charge in [0, 0.05) is 18.4 Å². The summed E-state index contributed by atoms with van der Waals surface area (Å²) in [5.74, 6) is 1.34. The van der Waals surface area contributed by atoms with Gasteiger partial charge < -0.3 is 13.9 Å². The Balaban J connectivity index is 1.83. The Morgan fingerprint density at radius 2 is 2.13 bits per heavy atom. The Hall–Kier alpha value is -4.23. The third-order valence-corrected chi connectivity index (χ3v) is 4.30. The van der Waals surface area contributed by atoms with Gasteiger partial charge in [-0.05, 0) is 37.3 Å². The highest BCUT2D eigenvalue weighted by molar-refractivity contribution is 5.79. The van der Waals surface area contributed by atoms with E-state index in [-0.39, 0.29) is 12.3 Å². The van der Waals surface area contributed by atoms with Gasteiger partial charge in [0.2, 0.25) is 0 Å². The van der Waals surface area contributed by atoms with Crippen molar-refractivity contribution in [3.05, 3.63) is 69.1 Å². The maximum Gasteiger partial charge on any atom is 0.284 e. The molecular formula is C21H19N5O5. The molecule has 2 aromatic heterocycles. The monoisotopic (exact) mass is 421 g/mol. The molecular weight excluding hydrogens is 402 g/mol. The molecule has 0 saturated carbocycles. The number of hydrogen-bond donors (Lipinski definition) is 1. The van der Waals surface area contributed by atoms with E-state index < -0.39 is 4.92 Å². The molecule has 2 heterocycles. The summed E-state index contributed by atoms with van der Waals surface area (Å²) in [6.07, 6.45) is 1.39. The van der Waals surface area contributed by atoms with Crippen molar-refractivity contribution in [1.29, 1.82) is 5.26 Å². The molecule has 0 spiro atoms. The van der Waals surface area contributed by atoms with Crippen LogP contribution in [0.15, 0.2) is 45.9 Å². The zero-order valence-corrected chi connectivity index (χ0v) is 17.1. The molecule has 10 nitrogen and oxygen atoms in total. The third-order valence-electron chi connectivity index (χ3n) is 4.30. The van der Waals surface area contributed by atoms with Crippen LogP contribution in [0, 0.1) is 28.4 Å². The van der Waals surface area contributed by atoms with Crippen molar-refractivity contribution in [3.8, 4) is 23.1 Å². The minimum absolute atomic E-state index is 0.136. The summed E-state index contributed by atoms with van der Waals surface area (Å²) in [5.41, 5.74) is 4.65. The van der Waals surface area contributed by atoms with E-state index in [0.717, 1.165) is 0 Å². The number of ether oxygens (including phenoxy) is 2. The molecule has 0 aliphatic heterocycles. The van der Waals surface area contributed by atoms with Crippen LogP contribution in [0.3, 0.4) is 0 Å². The average molecular weight is 421 g/mol. The lowest BCUT2D eigenvalue weighted by atomic mass is 10.1. The van der Waals surface area contributed by atoms with Crippen molar-refractivity contribution in [2.24, 2.45) is 5.10 Å². The lowest BCUT2D eigenvalue weighted by Gasteiger charge is -2.08. The van der Waals surface area contributed by atoms with Gasteiger partial charge in [0.15, 0.2) is 5.82 Å². The van der Waals surface area contributed by atoms with Gasteiger partial charge in [0.05, 0.1) is 36.5 Å². The fraction of sp³-hybridized carbons (Fsp3) is 0.190. The van der Waals surface area contributed by atoms with E-state index in [0.29, 0.717) is 45.5 Å². The minimum atomic E-state index is -0.500. The zero-order valence-electron chi connectivity index (χ0n) is 17.1. The second kappa shape index (κ2) is 9.51. The van der Waals surface area contributed by atoms with Gasteiger partial charge in [-0.1, -0.05) is 0 Å².